The summed E-state index contributed by atoms with van der Waals surface area (Å²) in [6.45, 7) is 4.36. The van der Waals surface area contributed by atoms with E-state index in [4.69, 9.17) is 15.0 Å². The van der Waals surface area contributed by atoms with Gasteiger partial charge in [0.05, 0.1) is 33.1 Å². The second-order valence-corrected chi connectivity index (χ2v) is 15.5. The maximum absolute atomic E-state index is 5.27. The Balaban J connectivity index is 0.00000101. The first-order valence-electron chi connectivity index (χ1n) is 21.1. The molecular weight excluding hydrogens is 745 g/mol. The van der Waals surface area contributed by atoms with Crippen LogP contribution < -0.4 is 0 Å². The van der Waals surface area contributed by atoms with Gasteiger partial charge in [0.1, 0.15) is 0 Å². The van der Waals surface area contributed by atoms with E-state index in [-0.39, 0.29) is 0 Å². The van der Waals surface area contributed by atoms with Crippen molar-refractivity contribution in [3.8, 4) is 40.1 Å². The molecule has 0 aliphatic heterocycles. The van der Waals surface area contributed by atoms with Crippen molar-refractivity contribution in [3.05, 3.63) is 194 Å². The van der Waals surface area contributed by atoms with Crippen LogP contribution in [0.3, 0.4) is 0 Å². The van der Waals surface area contributed by atoms with Crippen LogP contribution >= 0.6 is 0 Å². The maximum atomic E-state index is 5.27. The predicted octanol–water partition coefficient (Wildman–Crippen LogP) is 14.3. The third-order valence-corrected chi connectivity index (χ3v) is 11.8. The van der Waals surface area contributed by atoms with Crippen molar-refractivity contribution in [3.63, 3.8) is 0 Å². The first kappa shape index (κ1) is 36.3. The molecule has 12 aromatic rings. The van der Waals surface area contributed by atoms with Gasteiger partial charge in [0.2, 0.25) is 5.95 Å². The molecule has 0 saturated heterocycles. The van der Waals surface area contributed by atoms with Crippen LogP contribution in [0.5, 0.6) is 0 Å². The number of aromatic nitrogens is 6. The largest absolute Gasteiger partial charge is 0.309 e. The standard InChI is InChI=1S/C51H32N6.C4H10/c1-3-16-33(17-4-1)49-52-50(34-18-5-2-6-19-34)54-51(53-49)57-46-29-14-10-25-40(46)42-31-30-41-39-24-9-13-28-45(39)56(47(41)48(42)57)36-21-15-20-35(32-36)55-43-26-11-7-22-37(43)38-23-8-12-27-44(38)55;1-3-4-2/h1-32H;3-4H2,1-2H3. The molecule has 0 fully saturated rings. The SMILES string of the molecule is CCCC.c1ccc(-c2nc(-c3ccccc3)nc(-n3c4ccccc4c4ccc5c6ccccc6n(-c6cccc(-n7c8ccccc8c8ccccc87)c6)c5c43)n2)cc1. The Morgan fingerprint density at radius 1 is 0.328 bits per heavy atom. The molecule has 0 aliphatic rings. The Kier molecular flexibility index (Phi) is 8.97. The van der Waals surface area contributed by atoms with E-state index >= 15 is 0 Å². The molecule has 4 heterocycles. The summed E-state index contributed by atoms with van der Waals surface area (Å²) in [6, 6.07) is 68.5. The van der Waals surface area contributed by atoms with Gasteiger partial charge in [-0.1, -0.05) is 178 Å². The summed E-state index contributed by atoms with van der Waals surface area (Å²) >= 11 is 0. The van der Waals surface area contributed by atoms with Gasteiger partial charge in [-0.3, -0.25) is 4.57 Å². The average molecular weight is 787 g/mol. The minimum absolute atomic E-state index is 0.567. The zero-order chi connectivity index (χ0) is 40.9. The summed E-state index contributed by atoms with van der Waals surface area (Å²) in [6.07, 6.45) is 2.64. The molecule has 61 heavy (non-hydrogen) atoms. The Morgan fingerprint density at radius 2 is 0.705 bits per heavy atom. The van der Waals surface area contributed by atoms with Crippen molar-refractivity contribution in [2.24, 2.45) is 0 Å². The molecule has 292 valence electrons. The third kappa shape index (κ3) is 5.98. The maximum Gasteiger partial charge on any atom is 0.238 e. The van der Waals surface area contributed by atoms with Gasteiger partial charge in [0.25, 0.3) is 0 Å². The van der Waals surface area contributed by atoms with E-state index in [2.05, 4.69) is 185 Å². The van der Waals surface area contributed by atoms with Crippen LogP contribution in [0.2, 0.25) is 0 Å². The van der Waals surface area contributed by atoms with Gasteiger partial charge >= 0.3 is 0 Å². The van der Waals surface area contributed by atoms with Crippen molar-refractivity contribution in [2.45, 2.75) is 26.7 Å². The number of hydrogen-bond donors (Lipinski definition) is 0. The summed E-state index contributed by atoms with van der Waals surface area (Å²) in [5.41, 5.74) is 10.7. The van der Waals surface area contributed by atoms with Crippen LogP contribution in [0.25, 0.3) is 106 Å². The van der Waals surface area contributed by atoms with Crippen molar-refractivity contribution >= 4 is 65.4 Å². The molecule has 6 heteroatoms. The second kappa shape index (κ2) is 15.1. The Bertz CT molecular complexity index is 3450. The Hall–Kier alpha value is -7.83. The lowest BCUT2D eigenvalue weighted by Gasteiger charge is -2.15. The van der Waals surface area contributed by atoms with Crippen LogP contribution in [-0.4, -0.2) is 28.7 Å². The van der Waals surface area contributed by atoms with Crippen molar-refractivity contribution in [1.82, 2.24) is 28.7 Å². The first-order valence-corrected chi connectivity index (χ1v) is 21.1. The molecule has 0 spiro atoms. The molecule has 0 radical (unpaired) electrons. The van der Waals surface area contributed by atoms with Gasteiger partial charge in [-0.15, -0.1) is 0 Å². The molecule has 8 aromatic carbocycles. The molecule has 6 nitrogen and oxygen atoms in total. The number of para-hydroxylation sites is 4. The predicted molar refractivity (Wildman–Crippen MR) is 254 cm³/mol. The fraction of sp³-hybridized carbons (Fsp3) is 0.0727. The van der Waals surface area contributed by atoms with E-state index < -0.39 is 0 Å². The molecule has 12 rings (SSSR count). The van der Waals surface area contributed by atoms with Gasteiger partial charge in [0.15, 0.2) is 11.6 Å². The lowest BCUT2D eigenvalue weighted by molar-refractivity contribution is 0.886. The number of unbranched alkanes of at least 4 members (excludes halogenated alkanes) is 1. The van der Waals surface area contributed by atoms with Gasteiger partial charge in [0, 0.05) is 54.8 Å². The molecule has 0 amide bonds. The molecule has 0 bridgehead atoms. The molecule has 0 saturated carbocycles. The zero-order valence-corrected chi connectivity index (χ0v) is 34.1. The highest BCUT2D eigenvalue weighted by Crippen LogP contribution is 2.42. The monoisotopic (exact) mass is 786 g/mol. The molecule has 0 unspecified atom stereocenters. The minimum atomic E-state index is 0.567. The van der Waals surface area contributed by atoms with Crippen LogP contribution in [0.4, 0.5) is 0 Å². The van der Waals surface area contributed by atoms with Crippen molar-refractivity contribution < 1.29 is 0 Å². The normalized spacial score (nSPS) is 11.6. The fourth-order valence-corrected chi connectivity index (χ4v) is 8.85. The smallest absolute Gasteiger partial charge is 0.238 e. The lowest BCUT2D eigenvalue weighted by Crippen LogP contribution is -2.07. The summed E-state index contributed by atoms with van der Waals surface area (Å²) in [5, 5.41) is 7.08. The topological polar surface area (TPSA) is 53.5 Å². The van der Waals surface area contributed by atoms with Gasteiger partial charge in [-0.2, -0.15) is 9.97 Å². The summed E-state index contributed by atoms with van der Waals surface area (Å²) in [7, 11) is 0. The van der Waals surface area contributed by atoms with E-state index in [0.29, 0.717) is 17.6 Å². The third-order valence-electron chi connectivity index (χ3n) is 11.8. The molecular formula is C55H42N6. The van der Waals surface area contributed by atoms with Gasteiger partial charge in [-0.25, -0.2) is 4.98 Å². The molecule has 0 N–H and O–H groups in total. The van der Waals surface area contributed by atoms with Crippen LogP contribution in [0.1, 0.15) is 26.7 Å². The van der Waals surface area contributed by atoms with Crippen LogP contribution in [0.15, 0.2) is 194 Å². The minimum Gasteiger partial charge on any atom is -0.309 e. The lowest BCUT2D eigenvalue weighted by atomic mass is 10.1. The van der Waals surface area contributed by atoms with Gasteiger partial charge in [-0.05, 0) is 42.5 Å². The molecule has 0 atom stereocenters. The first-order chi connectivity index (χ1) is 30.2. The van der Waals surface area contributed by atoms with E-state index in [9.17, 15) is 0 Å². The number of hydrogen-bond acceptors (Lipinski definition) is 3. The number of rotatable bonds is 6. The average Bonchev–Trinajstić information content (AvgIpc) is 3.98. The van der Waals surface area contributed by atoms with Crippen molar-refractivity contribution in [1.29, 1.82) is 0 Å². The highest BCUT2D eigenvalue weighted by molar-refractivity contribution is 6.23. The van der Waals surface area contributed by atoms with E-state index in [1.165, 1.54) is 40.0 Å². The highest BCUT2D eigenvalue weighted by atomic mass is 15.2. The Labute approximate surface area is 353 Å². The van der Waals surface area contributed by atoms with E-state index in [1.807, 2.05) is 36.4 Å². The van der Waals surface area contributed by atoms with Crippen molar-refractivity contribution in [2.75, 3.05) is 0 Å². The molecule has 0 aliphatic carbocycles. The number of nitrogens with zero attached hydrogens (tertiary/aromatic N) is 6. The number of fused-ring (bicyclic) bond motifs is 10. The molecule has 4 aromatic heterocycles. The van der Waals surface area contributed by atoms with Gasteiger partial charge < -0.3 is 9.13 Å². The summed E-state index contributed by atoms with van der Waals surface area (Å²) < 4.78 is 7.06. The van der Waals surface area contributed by atoms with Crippen LogP contribution in [-0.2, 0) is 0 Å². The number of benzene rings is 8. The second-order valence-electron chi connectivity index (χ2n) is 15.5. The van der Waals surface area contributed by atoms with Crippen LogP contribution in [0, 0.1) is 0 Å². The summed E-state index contributed by atoms with van der Waals surface area (Å²) in [5.74, 6) is 1.81. The Morgan fingerprint density at radius 3 is 1.18 bits per heavy atom. The van der Waals surface area contributed by atoms with E-state index in [0.717, 1.165) is 60.7 Å². The van der Waals surface area contributed by atoms with E-state index in [1.54, 1.807) is 0 Å². The quantitative estimate of drug-likeness (QED) is 0.169. The summed E-state index contributed by atoms with van der Waals surface area (Å²) in [4.78, 5) is 15.6. The highest BCUT2D eigenvalue weighted by Gasteiger charge is 2.24. The fourth-order valence-electron chi connectivity index (χ4n) is 8.85. The zero-order valence-electron chi connectivity index (χ0n) is 34.1.